The van der Waals surface area contributed by atoms with Crippen molar-refractivity contribution in [1.82, 2.24) is 4.57 Å². The van der Waals surface area contributed by atoms with Crippen molar-refractivity contribution >= 4 is 21.9 Å². The van der Waals surface area contributed by atoms with Crippen molar-refractivity contribution in [3.8, 4) is 5.69 Å². The van der Waals surface area contributed by atoms with Crippen LogP contribution in [0.25, 0.3) is 5.69 Å². The summed E-state index contributed by atoms with van der Waals surface area (Å²) < 4.78 is 3.13. The van der Waals surface area contributed by atoms with Gasteiger partial charge in [0.15, 0.2) is 0 Å². The number of nitrogens with zero attached hydrogens (tertiary/aromatic N) is 1. The molecular weight excluding hydrogens is 282 g/mol. The first-order valence-electron chi connectivity index (χ1n) is 5.19. The molecule has 0 aliphatic rings. The highest BCUT2D eigenvalue weighted by Crippen LogP contribution is 2.24. The van der Waals surface area contributed by atoms with Gasteiger partial charge in [-0.15, -0.1) is 0 Å². The Kier molecular flexibility index (Phi) is 3.07. The molecule has 0 aliphatic carbocycles. The van der Waals surface area contributed by atoms with E-state index in [-0.39, 0.29) is 0 Å². The molecule has 0 atom stereocenters. The van der Waals surface area contributed by atoms with Gasteiger partial charge in [0, 0.05) is 21.5 Å². The zero-order valence-electron chi connectivity index (χ0n) is 9.57. The minimum Gasteiger partial charge on any atom is -0.478 e. The van der Waals surface area contributed by atoms with E-state index in [0.717, 1.165) is 21.5 Å². The molecule has 1 heterocycles. The molecule has 0 saturated heterocycles. The van der Waals surface area contributed by atoms with Crippen LogP contribution in [0.3, 0.4) is 0 Å². The molecule has 1 N–H and O–H groups in total. The Labute approximate surface area is 108 Å². The van der Waals surface area contributed by atoms with Crippen molar-refractivity contribution in [1.29, 1.82) is 0 Å². The lowest BCUT2D eigenvalue weighted by Gasteiger charge is -2.09. The first-order chi connectivity index (χ1) is 8.00. The molecular formula is C13H12BrNO2. The van der Waals surface area contributed by atoms with Crippen molar-refractivity contribution in [3.05, 3.63) is 51.8 Å². The van der Waals surface area contributed by atoms with Gasteiger partial charge in [0.1, 0.15) is 0 Å². The minimum absolute atomic E-state index is 0.301. The summed E-state index contributed by atoms with van der Waals surface area (Å²) in [6, 6.07) is 8.90. The molecule has 0 spiro atoms. The number of halogens is 1. The van der Waals surface area contributed by atoms with E-state index in [1.165, 1.54) is 0 Å². The third-order valence-electron chi connectivity index (χ3n) is 2.74. The van der Waals surface area contributed by atoms with E-state index in [0.29, 0.717) is 5.56 Å². The summed E-state index contributed by atoms with van der Waals surface area (Å²) in [5, 5.41) is 8.85. The van der Waals surface area contributed by atoms with Gasteiger partial charge >= 0.3 is 5.97 Å². The molecule has 88 valence electrons. The zero-order valence-corrected chi connectivity index (χ0v) is 11.2. The number of rotatable bonds is 2. The number of aromatic nitrogens is 1. The van der Waals surface area contributed by atoms with E-state index < -0.39 is 5.97 Å². The number of hydrogen-bond donors (Lipinski definition) is 1. The number of carboxylic acid groups (broad SMARTS) is 1. The Morgan fingerprint density at radius 2 is 1.82 bits per heavy atom. The topological polar surface area (TPSA) is 42.2 Å². The molecule has 4 heteroatoms. The van der Waals surface area contributed by atoms with Crippen LogP contribution in [0.2, 0.25) is 0 Å². The molecule has 0 saturated carbocycles. The van der Waals surface area contributed by atoms with Crippen molar-refractivity contribution < 1.29 is 9.90 Å². The normalized spacial score (nSPS) is 10.5. The maximum absolute atomic E-state index is 10.8. The van der Waals surface area contributed by atoms with Crippen LogP contribution in [0.15, 0.2) is 34.8 Å². The number of aromatic carboxylic acids is 1. The van der Waals surface area contributed by atoms with E-state index in [9.17, 15) is 4.79 Å². The van der Waals surface area contributed by atoms with Crippen molar-refractivity contribution in [2.75, 3.05) is 0 Å². The van der Waals surface area contributed by atoms with E-state index in [1.54, 1.807) is 12.1 Å². The SMILES string of the molecule is Cc1cc(Br)c(C)n1-c1ccc(C(=O)O)cc1. The molecule has 17 heavy (non-hydrogen) atoms. The van der Waals surface area contributed by atoms with E-state index >= 15 is 0 Å². The number of benzene rings is 1. The third-order valence-corrected chi connectivity index (χ3v) is 3.54. The zero-order chi connectivity index (χ0) is 12.6. The summed E-state index contributed by atoms with van der Waals surface area (Å²) in [4.78, 5) is 10.8. The quantitative estimate of drug-likeness (QED) is 0.920. The van der Waals surface area contributed by atoms with Crippen LogP contribution in [0, 0.1) is 13.8 Å². The lowest BCUT2D eigenvalue weighted by molar-refractivity contribution is 0.0697. The molecule has 2 rings (SSSR count). The van der Waals surface area contributed by atoms with Gasteiger partial charge in [-0.25, -0.2) is 4.79 Å². The highest BCUT2D eigenvalue weighted by molar-refractivity contribution is 9.10. The van der Waals surface area contributed by atoms with E-state index in [1.807, 2.05) is 32.0 Å². The highest BCUT2D eigenvalue weighted by atomic mass is 79.9. The Bertz CT molecular complexity index is 570. The van der Waals surface area contributed by atoms with Gasteiger partial charge in [0.25, 0.3) is 0 Å². The number of hydrogen-bond acceptors (Lipinski definition) is 1. The number of carbonyl (C=O) groups is 1. The average Bonchev–Trinajstić information content (AvgIpc) is 2.53. The summed E-state index contributed by atoms with van der Waals surface area (Å²) >= 11 is 3.49. The first-order valence-corrected chi connectivity index (χ1v) is 5.98. The Morgan fingerprint density at radius 1 is 1.24 bits per heavy atom. The Hall–Kier alpha value is -1.55. The van der Waals surface area contributed by atoms with Crippen molar-refractivity contribution in [2.45, 2.75) is 13.8 Å². The largest absolute Gasteiger partial charge is 0.478 e. The van der Waals surface area contributed by atoms with Crippen LogP contribution in [0.1, 0.15) is 21.7 Å². The van der Waals surface area contributed by atoms with Gasteiger partial charge in [-0.2, -0.15) is 0 Å². The summed E-state index contributed by atoms with van der Waals surface area (Å²) in [7, 11) is 0. The molecule has 1 aromatic heterocycles. The Morgan fingerprint density at radius 3 is 2.24 bits per heavy atom. The van der Waals surface area contributed by atoms with Gasteiger partial charge in [-0.3, -0.25) is 0 Å². The first kappa shape index (κ1) is 11.9. The average molecular weight is 294 g/mol. The van der Waals surface area contributed by atoms with E-state index in [2.05, 4.69) is 20.5 Å². The van der Waals surface area contributed by atoms with Gasteiger partial charge < -0.3 is 9.67 Å². The maximum atomic E-state index is 10.8. The fourth-order valence-electron chi connectivity index (χ4n) is 1.87. The lowest BCUT2D eigenvalue weighted by atomic mass is 10.2. The molecule has 0 radical (unpaired) electrons. The lowest BCUT2D eigenvalue weighted by Crippen LogP contribution is -2.01. The maximum Gasteiger partial charge on any atom is 0.335 e. The molecule has 0 fully saturated rings. The predicted molar refractivity (Wildman–Crippen MR) is 69.9 cm³/mol. The second kappa shape index (κ2) is 4.37. The molecule has 2 aromatic rings. The molecule has 0 unspecified atom stereocenters. The molecule has 3 nitrogen and oxygen atoms in total. The van der Waals surface area contributed by atoms with Crippen molar-refractivity contribution in [3.63, 3.8) is 0 Å². The van der Waals surface area contributed by atoms with Crippen LogP contribution >= 0.6 is 15.9 Å². The molecule has 0 aliphatic heterocycles. The fourth-order valence-corrected chi connectivity index (χ4v) is 2.38. The van der Waals surface area contributed by atoms with Gasteiger partial charge in [-0.05, 0) is 60.1 Å². The van der Waals surface area contributed by atoms with Crippen LogP contribution in [-0.2, 0) is 0 Å². The standard InChI is InChI=1S/C13H12BrNO2/c1-8-7-12(14)9(2)15(8)11-5-3-10(4-6-11)13(16)17/h3-7H,1-2H3,(H,16,17). The van der Waals surface area contributed by atoms with Crippen LogP contribution in [0.4, 0.5) is 0 Å². The third kappa shape index (κ3) is 2.13. The molecule has 0 amide bonds. The van der Waals surface area contributed by atoms with Gasteiger partial charge in [-0.1, -0.05) is 0 Å². The van der Waals surface area contributed by atoms with Gasteiger partial charge in [0.2, 0.25) is 0 Å². The smallest absolute Gasteiger partial charge is 0.335 e. The predicted octanol–water partition coefficient (Wildman–Crippen LogP) is 3.55. The van der Waals surface area contributed by atoms with E-state index in [4.69, 9.17) is 5.11 Å². The fraction of sp³-hybridized carbons (Fsp3) is 0.154. The number of aryl methyl sites for hydroxylation is 1. The van der Waals surface area contributed by atoms with Crippen molar-refractivity contribution in [2.24, 2.45) is 0 Å². The Balaban J connectivity index is 2.50. The molecule has 1 aromatic carbocycles. The summed E-state index contributed by atoms with van der Waals surface area (Å²) in [6.45, 7) is 4.03. The monoisotopic (exact) mass is 293 g/mol. The second-order valence-corrected chi connectivity index (χ2v) is 4.76. The molecule has 0 bridgehead atoms. The van der Waals surface area contributed by atoms with Gasteiger partial charge in [0.05, 0.1) is 5.56 Å². The summed E-state index contributed by atoms with van der Waals surface area (Å²) in [5.41, 5.74) is 3.48. The summed E-state index contributed by atoms with van der Waals surface area (Å²) in [6.07, 6.45) is 0. The highest BCUT2D eigenvalue weighted by Gasteiger charge is 2.09. The minimum atomic E-state index is -0.904. The van der Waals surface area contributed by atoms with Crippen LogP contribution in [-0.4, -0.2) is 15.6 Å². The number of carboxylic acids is 1. The van der Waals surface area contributed by atoms with Crippen LogP contribution in [0.5, 0.6) is 0 Å². The second-order valence-electron chi connectivity index (χ2n) is 3.91. The van der Waals surface area contributed by atoms with Crippen LogP contribution < -0.4 is 0 Å². The summed E-state index contributed by atoms with van der Waals surface area (Å²) in [5.74, 6) is -0.904.